The van der Waals surface area contributed by atoms with Crippen molar-refractivity contribution >= 4 is 25.2 Å². The second kappa shape index (κ2) is 19.5. The summed E-state index contributed by atoms with van der Waals surface area (Å²) in [5, 5.41) is 17.4. The molecule has 0 unspecified atom stereocenters. The van der Waals surface area contributed by atoms with Crippen LogP contribution in [0.25, 0.3) is 0 Å². The van der Waals surface area contributed by atoms with Crippen LogP contribution in [0.15, 0.2) is 0 Å². The highest BCUT2D eigenvalue weighted by molar-refractivity contribution is 6.87. The van der Waals surface area contributed by atoms with Crippen molar-refractivity contribution in [3.63, 3.8) is 0 Å². The van der Waals surface area contributed by atoms with Crippen LogP contribution in [0.5, 0.6) is 0 Å². The largest absolute Gasteiger partial charge is 0.437 e. The molecule has 0 aromatic rings. The fraction of sp³-hybridized carbons (Fsp3) is 1.00. The van der Waals surface area contributed by atoms with Crippen LogP contribution in [0.3, 0.4) is 0 Å². The molecule has 33 heavy (non-hydrogen) atoms. The zero-order chi connectivity index (χ0) is 25.1. The maximum Gasteiger partial charge on any atom is 0.311 e. The minimum Gasteiger partial charge on any atom is -0.437 e. The van der Waals surface area contributed by atoms with Gasteiger partial charge < -0.3 is 37.4 Å². The smallest absolute Gasteiger partial charge is 0.311 e. The molecule has 0 saturated heterocycles. The summed E-state index contributed by atoms with van der Waals surface area (Å²) in [7, 11) is -5.84. The van der Waals surface area contributed by atoms with Gasteiger partial charge in [-0.05, 0) is 77.1 Å². The molecular weight excluding hydrogens is 476 g/mol. The Hall–Kier alpha value is 0.331. The van der Waals surface area contributed by atoms with Gasteiger partial charge in [-0.15, -0.1) is 0 Å². The van der Waals surface area contributed by atoms with Gasteiger partial charge in [0.1, 0.15) is 0 Å². The van der Waals surface area contributed by atoms with E-state index in [1.807, 2.05) is 0 Å². The molecule has 0 saturated carbocycles. The zero-order valence-electron chi connectivity index (χ0n) is 22.2. The van der Waals surface area contributed by atoms with Crippen molar-refractivity contribution in [1.82, 2.24) is 0 Å². The number of ether oxygens (including phenoxy) is 4. The Labute approximate surface area is 205 Å². The summed E-state index contributed by atoms with van der Waals surface area (Å²) in [6, 6.07) is 2.10. The molecule has 11 heteroatoms. The topological polar surface area (TPSA) is 95.8 Å². The predicted molar refractivity (Wildman–Crippen MR) is 140 cm³/mol. The first-order chi connectivity index (χ1) is 15.5. The second-order valence-electron chi connectivity index (χ2n) is 9.93. The molecule has 0 heterocycles. The van der Waals surface area contributed by atoms with E-state index in [1.54, 1.807) is 0 Å². The maximum absolute atomic E-state index is 8.72. The van der Waals surface area contributed by atoms with Crippen molar-refractivity contribution in [1.29, 1.82) is 0 Å². The van der Waals surface area contributed by atoms with Crippen molar-refractivity contribution in [3.8, 4) is 0 Å². The molecule has 0 aromatic heterocycles. The average Bonchev–Trinajstić information content (AvgIpc) is 2.69. The second-order valence-corrected chi connectivity index (χ2v) is 22.4. The maximum atomic E-state index is 8.72. The van der Waals surface area contributed by atoms with Crippen LogP contribution in [0.2, 0.25) is 51.4 Å². The van der Waals surface area contributed by atoms with Gasteiger partial charge in [0.25, 0.3) is 0 Å². The zero-order valence-corrected chi connectivity index (χ0v) is 25.2. The molecule has 0 spiro atoms. The summed E-state index contributed by atoms with van der Waals surface area (Å²) in [4.78, 5) is 0. The Morgan fingerprint density at radius 1 is 0.455 bits per heavy atom. The van der Waals surface area contributed by atoms with Crippen LogP contribution in [-0.4, -0.2) is 101 Å². The Morgan fingerprint density at radius 3 is 1.06 bits per heavy atom. The third-order valence-electron chi connectivity index (χ3n) is 4.82. The average molecular weight is 529 g/mol. The van der Waals surface area contributed by atoms with Gasteiger partial charge in [0.2, 0.25) is 0 Å². The highest BCUT2D eigenvalue weighted by atomic mass is 28.5. The van der Waals surface area contributed by atoms with Crippen molar-refractivity contribution in [2.24, 2.45) is 0 Å². The van der Waals surface area contributed by atoms with Crippen LogP contribution >= 0.6 is 0 Å². The Morgan fingerprint density at radius 2 is 0.758 bits per heavy atom. The van der Waals surface area contributed by atoms with E-state index in [9.17, 15) is 0 Å². The summed E-state index contributed by atoms with van der Waals surface area (Å²) in [5.41, 5.74) is 0. The summed E-state index contributed by atoms with van der Waals surface area (Å²) >= 11 is 0. The highest BCUT2D eigenvalue weighted by Gasteiger charge is 2.39. The predicted octanol–water partition coefficient (Wildman–Crippen LogP) is 3.74. The number of aliphatic hydroxyl groups is 2. The SMILES string of the molecule is C[Si](C)(CCCOCCOCCCO)O[Si](C)(C)O[Si](C)(C)CCCOCCOCCCO. The Bertz CT molecular complexity index is 415. The van der Waals surface area contributed by atoms with Crippen LogP contribution < -0.4 is 0 Å². The third kappa shape index (κ3) is 22.5. The van der Waals surface area contributed by atoms with E-state index >= 15 is 0 Å². The van der Waals surface area contributed by atoms with Gasteiger partial charge in [-0.2, -0.15) is 0 Å². The first kappa shape index (κ1) is 33.3. The number of aliphatic hydroxyl groups excluding tert-OH is 2. The minimum absolute atomic E-state index is 0.168. The van der Waals surface area contributed by atoms with E-state index in [0.29, 0.717) is 52.5 Å². The molecule has 2 N–H and O–H groups in total. The van der Waals surface area contributed by atoms with Crippen molar-refractivity contribution in [3.05, 3.63) is 0 Å². The van der Waals surface area contributed by atoms with Crippen LogP contribution in [0.1, 0.15) is 25.7 Å². The molecule has 8 nitrogen and oxygen atoms in total. The lowest BCUT2D eigenvalue weighted by Crippen LogP contribution is -2.52. The third-order valence-corrected chi connectivity index (χ3v) is 16.3. The van der Waals surface area contributed by atoms with Crippen LogP contribution in [0.4, 0.5) is 0 Å². The van der Waals surface area contributed by atoms with Gasteiger partial charge in [0, 0.05) is 39.6 Å². The van der Waals surface area contributed by atoms with Crippen molar-refractivity contribution < 1.29 is 37.4 Å². The number of hydrogen-bond donors (Lipinski definition) is 2. The first-order valence-corrected chi connectivity index (χ1v) is 21.5. The van der Waals surface area contributed by atoms with E-state index < -0.39 is 25.2 Å². The van der Waals surface area contributed by atoms with Crippen LogP contribution in [-0.2, 0) is 27.2 Å². The fourth-order valence-electron chi connectivity index (χ4n) is 3.63. The number of rotatable bonds is 24. The molecule has 0 rings (SSSR count). The normalized spacial score (nSPS) is 13.1. The molecule has 0 aliphatic rings. The van der Waals surface area contributed by atoms with Gasteiger partial charge in [-0.1, -0.05) is 0 Å². The molecule has 200 valence electrons. The lowest BCUT2D eigenvalue weighted by molar-refractivity contribution is 0.0426. The lowest BCUT2D eigenvalue weighted by atomic mass is 10.5. The van der Waals surface area contributed by atoms with E-state index in [2.05, 4.69) is 39.3 Å². The van der Waals surface area contributed by atoms with Crippen molar-refractivity contribution in [2.75, 3.05) is 66.1 Å². The van der Waals surface area contributed by atoms with E-state index in [0.717, 1.165) is 38.1 Å². The molecule has 0 radical (unpaired) electrons. The summed E-state index contributed by atoms with van der Waals surface area (Å²) in [6.07, 6.45) is 3.33. The molecule has 0 amide bonds. The van der Waals surface area contributed by atoms with E-state index in [-0.39, 0.29) is 13.2 Å². The first-order valence-electron chi connectivity index (χ1n) is 12.5. The summed E-state index contributed by atoms with van der Waals surface area (Å²) < 4.78 is 35.3. The van der Waals surface area contributed by atoms with Gasteiger partial charge in [0.15, 0.2) is 16.6 Å². The van der Waals surface area contributed by atoms with Gasteiger partial charge >= 0.3 is 8.56 Å². The van der Waals surface area contributed by atoms with Crippen LogP contribution in [0, 0.1) is 0 Å². The summed E-state index contributed by atoms with van der Waals surface area (Å²) in [6.45, 7) is 18.7. The van der Waals surface area contributed by atoms with E-state index in [4.69, 9.17) is 37.4 Å². The Balaban J connectivity index is 4.00. The molecule has 0 bridgehead atoms. The van der Waals surface area contributed by atoms with Gasteiger partial charge in [0.05, 0.1) is 26.4 Å². The van der Waals surface area contributed by atoms with Gasteiger partial charge in [-0.25, -0.2) is 0 Å². The molecule has 0 atom stereocenters. The minimum atomic E-state index is -2.20. The molecule has 0 aromatic carbocycles. The standard InChI is InChI=1S/C22H52O8Si3/c1-31(2,21-9-15-27-19-17-25-13-7-11-23)29-33(5,6)30-32(3,4)22-10-16-28-20-18-26-14-8-12-24/h23-24H,7-22H2,1-6H3. The molecule has 0 aliphatic carbocycles. The molecule has 0 fully saturated rings. The highest BCUT2D eigenvalue weighted by Crippen LogP contribution is 2.26. The number of hydrogen-bond acceptors (Lipinski definition) is 8. The van der Waals surface area contributed by atoms with Gasteiger partial charge in [-0.3, -0.25) is 0 Å². The van der Waals surface area contributed by atoms with Crippen molar-refractivity contribution in [2.45, 2.75) is 77.1 Å². The summed E-state index contributed by atoms with van der Waals surface area (Å²) in [5.74, 6) is 0. The van der Waals surface area contributed by atoms with E-state index in [1.165, 1.54) is 0 Å². The molecular formula is C22H52O8Si3. The fourth-order valence-corrected chi connectivity index (χ4v) is 17.6. The quantitative estimate of drug-likeness (QED) is 0.144. The monoisotopic (exact) mass is 528 g/mol. The molecule has 0 aliphatic heterocycles. The lowest BCUT2D eigenvalue weighted by Gasteiger charge is -2.38. The Kier molecular flexibility index (Phi) is 19.7.